The summed E-state index contributed by atoms with van der Waals surface area (Å²) in [6, 6.07) is -1.66. The van der Waals surface area contributed by atoms with E-state index in [2.05, 4.69) is 0 Å². The van der Waals surface area contributed by atoms with Gasteiger partial charge in [0, 0.05) is 12.0 Å². The quantitative estimate of drug-likeness (QED) is 0.225. The lowest BCUT2D eigenvalue weighted by Crippen LogP contribution is -2.66. The smallest absolute Gasteiger partial charge is 0.186 e. The zero-order chi connectivity index (χ0) is 23.7. The van der Waals surface area contributed by atoms with E-state index < -0.39 is 74.0 Å². The summed E-state index contributed by atoms with van der Waals surface area (Å²) in [5.74, 6) is -0.176. The molecule has 2 saturated heterocycles. The molecule has 14 atom stereocenters. The second-order valence-corrected chi connectivity index (χ2v) is 9.58. The predicted molar refractivity (Wildman–Crippen MR) is 112 cm³/mol. The first-order chi connectivity index (χ1) is 15.1. The molecule has 9 N–H and O–H groups in total. The normalized spacial score (nSPS) is 52.7. The maximum Gasteiger partial charge on any atom is 0.186 e. The van der Waals surface area contributed by atoms with Crippen molar-refractivity contribution >= 4 is 0 Å². The topological polar surface area (TPSA) is 190 Å². The van der Waals surface area contributed by atoms with E-state index in [4.69, 9.17) is 30.4 Å². The van der Waals surface area contributed by atoms with Crippen molar-refractivity contribution in [2.75, 3.05) is 6.61 Å². The van der Waals surface area contributed by atoms with Crippen LogP contribution in [0.4, 0.5) is 0 Å². The van der Waals surface area contributed by atoms with Crippen molar-refractivity contribution in [2.24, 2.45) is 23.3 Å². The first-order valence-electron chi connectivity index (χ1n) is 11.5. The molecule has 2 heterocycles. The van der Waals surface area contributed by atoms with Crippen LogP contribution in [0.3, 0.4) is 0 Å². The molecule has 32 heavy (non-hydrogen) atoms. The highest BCUT2D eigenvalue weighted by Crippen LogP contribution is 2.35. The monoisotopic (exact) mass is 464 g/mol. The molecule has 0 aromatic carbocycles. The molecule has 3 fully saturated rings. The fourth-order valence-corrected chi connectivity index (χ4v) is 4.98. The van der Waals surface area contributed by atoms with Crippen molar-refractivity contribution in [3.63, 3.8) is 0 Å². The Balaban J connectivity index is 1.70. The lowest BCUT2D eigenvalue weighted by Gasteiger charge is -2.48. The van der Waals surface area contributed by atoms with E-state index in [-0.39, 0.29) is 17.9 Å². The van der Waals surface area contributed by atoms with E-state index in [1.807, 2.05) is 20.8 Å². The fourth-order valence-electron chi connectivity index (χ4n) is 4.98. The Morgan fingerprint density at radius 3 is 2.06 bits per heavy atom. The van der Waals surface area contributed by atoms with Crippen LogP contribution >= 0.6 is 0 Å². The van der Waals surface area contributed by atoms with Gasteiger partial charge >= 0.3 is 0 Å². The Labute approximate surface area is 188 Å². The van der Waals surface area contributed by atoms with Crippen LogP contribution in [0.5, 0.6) is 0 Å². The molecule has 11 nitrogen and oxygen atoms in total. The van der Waals surface area contributed by atoms with Crippen LogP contribution in [-0.2, 0) is 18.9 Å². The van der Waals surface area contributed by atoms with Gasteiger partial charge in [-0.3, -0.25) is 0 Å². The number of hydrogen-bond acceptors (Lipinski definition) is 11. The molecule has 3 rings (SSSR count). The van der Waals surface area contributed by atoms with Gasteiger partial charge in [-0.1, -0.05) is 20.8 Å². The second kappa shape index (κ2) is 10.9. The molecule has 11 heteroatoms. The molecule has 0 aromatic rings. The first-order valence-corrected chi connectivity index (χ1v) is 11.5. The second-order valence-electron chi connectivity index (χ2n) is 9.58. The summed E-state index contributed by atoms with van der Waals surface area (Å²) < 4.78 is 23.5. The number of nitrogens with two attached hydrogens (primary N) is 2. The van der Waals surface area contributed by atoms with Gasteiger partial charge in [0.05, 0.1) is 31.0 Å². The summed E-state index contributed by atoms with van der Waals surface area (Å²) in [5, 5.41) is 51.2. The molecule has 1 aliphatic carbocycles. The summed E-state index contributed by atoms with van der Waals surface area (Å²) in [5.41, 5.74) is 12.1. The highest BCUT2D eigenvalue weighted by Gasteiger charge is 2.49. The van der Waals surface area contributed by atoms with Crippen LogP contribution in [0, 0.1) is 11.8 Å². The lowest BCUT2D eigenvalue weighted by molar-refractivity contribution is -0.321. The van der Waals surface area contributed by atoms with Crippen LogP contribution in [0.15, 0.2) is 0 Å². The minimum Gasteiger partial charge on any atom is -0.394 e. The highest BCUT2D eigenvalue weighted by molar-refractivity contribution is 4.98. The first kappa shape index (κ1) is 26.2. The Kier molecular flexibility index (Phi) is 8.89. The number of hydrogen-bond donors (Lipinski definition) is 7. The number of aliphatic hydroxyl groups is 5. The molecule has 2 aliphatic heterocycles. The highest BCUT2D eigenvalue weighted by atomic mass is 16.7. The van der Waals surface area contributed by atoms with Gasteiger partial charge in [0.1, 0.15) is 30.5 Å². The minimum absolute atomic E-state index is 0.0736. The van der Waals surface area contributed by atoms with Crippen molar-refractivity contribution in [3.8, 4) is 0 Å². The average Bonchev–Trinajstić information content (AvgIpc) is 2.75. The van der Waals surface area contributed by atoms with E-state index >= 15 is 0 Å². The summed E-state index contributed by atoms with van der Waals surface area (Å²) >= 11 is 0. The average molecular weight is 465 g/mol. The zero-order valence-electron chi connectivity index (χ0n) is 18.9. The molecule has 1 saturated carbocycles. The third kappa shape index (κ3) is 5.28. The van der Waals surface area contributed by atoms with Crippen LogP contribution < -0.4 is 11.5 Å². The van der Waals surface area contributed by atoms with Gasteiger partial charge in [-0.05, 0) is 25.2 Å². The molecule has 0 amide bonds. The van der Waals surface area contributed by atoms with Crippen LogP contribution in [0.1, 0.15) is 40.0 Å². The maximum absolute atomic E-state index is 11.1. The molecule has 1 unspecified atom stereocenters. The molecule has 0 spiro atoms. The third-order valence-electron chi connectivity index (χ3n) is 7.04. The Morgan fingerprint density at radius 1 is 0.812 bits per heavy atom. The molecule has 3 aliphatic rings. The molecule has 0 aromatic heterocycles. The largest absolute Gasteiger partial charge is 0.394 e. The SMILES string of the molecule is CC[C@H]1O[C@H](OC2[C@@H](C)C[C@@H](N)[C@H](O[C@H]3O[C@H](CO)[C@@H](O)[C@H](N)[C@H]3O)[C@H]2O)[C@H](C)C[C@@H]1O. The molecule has 0 bridgehead atoms. The van der Waals surface area contributed by atoms with Gasteiger partial charge in [0.25, 0.3) is 0 Å². The molecular formula is C21H40N2O9. The summed E-state index contributed by atoms with van der Waals surface area (Å²) in [6.07, 6.45) is -7.54. The molecular weight excluding hydrogens is 424 g/mol. The Bertz CT molecular complexity index is 600. The lowest BCUT2D eigenvalue weighted by atomic mass is 9.80. The zero-order valence-corrected chi connectivity index (χ0v) is 18.9. The van der Waals surface area contributed by atoms with Gasteiger partial charge < -0.3 is 55.9 Å². The van der Waals surface area contributed by atoms with Gasteiger partial charge in [0.2, 0.25) is 0 Å². The van der Waals surface area contributed by atoms with Crippen LogP contribution in [-0.4, -0.2) is 106 Å². The number of rotatable bonds is 6. The van der Waals surface area contributed by atoms with Crippen molar-refractivity contribution in [3.05, 3.63) is 0 Å². The van der Waals surface area contributed by atoms with Crippen molar-refractivity contribution in [2.45, 2.75) is 114 Å². The third-order valence-corrected chi connectivity index (χ3v) is 7.04. The maximum atomic E-state index is 11.1. The standard InChI is InChI=1S/C21H40N2O9/c1-4-12-11(25)6-9(3)20(29-12)31-18-8(2)5-10(22)19(17(18)28)32-21-16(27)14(23)15(26)13(7-24)30-21/h8-21,24-28H,4-7,22-23H2,1-3H3/t8-,9+,10+,11-,12+,13+,14-,15+,16+,17-,18?,19-,20+,21+/m0/s1. The van der Waals surface area contributed by atoms with Gasteiger partial charge in [-0.15, -0.1) is 0 Å². The molecule has 188 valence electrons. The van der Waals surface area contributed by atoms with Crippen LogP contribution in [0.2, 0.25) is 0 Å². The van der Waals surface area contributed by atoms with Crippen LogP contribution in [0.25, 0.3) is 0 Å². The summed E-state index contributed by atoms with van der Waals surface area (Å²) in [7, 11) is 0. The van der Waals surface area contributed by atoms with E-state index in [1.54, 1.807) is 0 Å². The number of ether oxygens (including phenoxy) is 4. The van der Waals surface area contributed by atoms with Gasteiger partial charge in [-0.2, -0.15) is 0 Å². The Hall–Kier alpha value is -0.440. The van der Waals surface area contributed by atoms with Gasteiger partial charge in [0.15, 0.2) is 12.6 Å². The van der Waals surface area contributed by atoms with E-state index in [0.29, 0.717) is 19.3 Å². The van der Waals surface area contributed by atoms with E-state index in [0.717, 1.165) is 0 Å². The van der Waals surface area contributed by atoms with E-state index in [9.17, 15) is 25.5 Å². The van der Waals surface area contributed by atoms with E-state index in [1.165, 1.54) is 0 Å². The minimum atomic E-state index is -1.38. The van der Waals surface area contributed by atoms with Crippen molar-refractivity contribution < 1.29 is 44.5 Å². The molecule has 0 radical (unpaired) electrons. The number of aliphatic hydroxyl groups excluding tert-OH is 5. The van der Waals surface area contributed by atoms with Crippen molar-refractivity contribution in [1.82, 2.24) is 0 Å². The summed E-state index contributed by atoms with van der Waals surface area (Å²) in [6.45, 7) is 5.26. The summed E-state index contributed by atoms with van der Waals surface area (Å²) in [4.78, 5) is 0. The fraction of sp³-hybridized carbons (Fsp3) is 1.00. The Morgan fingerprint density at radius 2 is 1.44 bits per heavy atom. The predicted octanol–water partition coefficient (Wildman–Crippen LogP) is -2.23. The van der Waals surface area contributed by atoms with Gasteiger partial charge in [-0.25, -0.2) is 0 Å². The van der Waals surface area contributed by atoms with Crippen molar-refractivity contribution in [1.29, 1.82) is 0 Å².